The Kier molecular flexibility index (Phi) is 10.8. The first kappa shape index (κ1) is 31.1. The highest BCUT2D eigenvalue weighted by Crippen LogP contribution is 2.36. The number of benzene rings is 3. The molecule has 0 aliphatic heterocycles. The SMILES string of the molecule is C#CCOc1cccc(-c2cccc(COc3cc(OCc4cncc(C#N)c4)c(CN(C)CC=O)cc3Cl)c2C)c1C. The zero-order valence-electron chi connectivity index (χ0n) is 24.4. The Morgan fingerprint density at radius 2 is 1.67 bits per heavy atom. The molecule has 0 fully saturated rings. The lowest BCUT2D eigenvalue weighted by atomic mass is 9.93. The fraction of sp³-hybridized carbons (Fsp3) is 0.229. The fourth-order valence-corrected chi connectivity index (χ4v) is 4.93. The number of likely N-dealkylation sites (N-methyl/N-ethyl adjacent to an activating group) is 1. The number of hydrogen-bond donors (Lipinski definition) is 0. The molecule has 8 heteroatoms. The van der Waals surface area contributed by atoms with Crippen molar-refractivity contribution in [3.8, 4) is 46.8 Å². The molecule has 1 aromatic heterocycles. The maximum atomic E-state index is 11.1. The van der Waals surface area contributed by atoms with Gasteiger partial charge in [-0.2, -0.15) is 5.26 Å². The van der Waals surface area contributed by atoms with Crippen LogP contribution in [0.3, 0.4) is 0 Å². The summed E-state index contributed by atoms with van der Waals surface area (Å²) < 4.78 is 18.2. The second-order valence-corrected chi connectivity index (χ2v) is 10.4. The van der Waals surface area contributed by atoms with Crippen LogP contribution in [0.1, 0.15) is 33.4 Å². The van der Waals surface area contributed by atoms with Crippen LogP contribution < -0.4 is 14.2 Å². The van der Waals surface area contributed by atoms with E-state index in [1.165, 1.54) is 6.20 Å². The number of rotatable bonds is 13. The van der Waals surface area contributed by atoms with Gasteiger partial charge in [-0.15, -0.1) is 6.42 Å². The Morgan fingerprint density at radius 1 is 0.930 bits per heavy atom. The maximum Gasteiger partial charge on any atom is 0.148 e. The molecule has 0 unspecified atom stereocenters. The zero-order valence-corrected chi connectivity index (χ0v) is 25.1. The minimum atomic E-state index is 0.193. The predicted molar refractivity (Wildman–Crippen MR) is 167 cm³/mol. The lowest BCUT2D eigenvalue weighted by Gasteiger charge is -2.20. The van der Waals surface area contributed by atoms with Gasteiger partial charge in [-0.05, 0) is 66.9 Å². The van der Waals surface area contributed by atoms with Gasteiger partial charge in [0, 0.05) is 36.1 Å². The smallest absolute Gasteiger partial charge is 0.148 e. The van der Waals surface area contributed by atoms with Gasteiger partial charge in [0.1, 0.15) is 49.4 Å². The molecule has 0 N–H and O–H groups in total. The van der Waals surface area contributed by atoms with Crippen LogP contribution in [-0.2, 0) is 24.6 Å². The predicted octanol–water partition coefficient (Wildman–Crippen LogP) is 6.69. The summed E-state index contributed by atoms with van der Waals surface area (Å²) in [6.07, 6.45) is 9.38. The molecule has 0 aliphatic rings. The van der Waals surface area contributed by atoms with E-state index in [2.05, 4.69) is 36.0 Å². The highest BCUT2D eigenvalue weighted by atomic mass is 35.5. The van der Waals surface area contributed by atoms with Crippen molar-refractivity contribution in [1.29, 1.82) is 5.26 Å². The molecule has 3 aromatic carbocycles. The van der Waals surface area contributed by atoms with Crippen molar-refractivity contribution in [3.05, 3.63) is 105 Å². The number of carbonyl (C=O) groups is 1. The summed E-state index contributed by atoms with van der Waals surface area (Å²) in [6.45, 7) is 5.47. The van der Waals surface area contributed by atoms with Gasteiger partial charge in [-0.1, -0.05) is 47.9 Å². The molecule has 0 saturated heterocycles. The van der Waals surface area contributed by atoms with E-state index in [1.807, 2.05) is 43.1 Å². The van der Waals surface area contributed by atoms with Gasteiger partial charge in [-0.3, -0.25) is 9.88 Å². The van der Waals surface area contributed by atoms with E-state index in [9.17, 15) is 10.1 Å². The summed E-state index contributed by atoms with van der Waals surface area (Å²) in [7, 11) is 1.84. The first-order valence-electron chi connectivity index (χ1n) is 13.6. The number of aldehydes is 1. The van der Waals surface area contributed by atoms with Crippen molar-refractivity contribution < 1.29 is 19.0 Å². The molecule has 0 bridgehead atoms. The number of pyridine rings is 1. The number of hydrogen-bond acceptors (Lipinski definition) is 7. The number of ether oxygens (including phenoxy) is 3. The third kappa shape index (κ3) is 7.93. The first-order chi connectivity index (χ1) is 20.8. The molecular weight excluding hydrogens is 562 g/mol. The summed E-state index contributed by atoms with van der Waals surface area (Å²) in [4.78, 5) is 17.0. The second-order valence-electron chi connectivity index (χ2n) is 10.0. The van der Waals surface area contributed by atoms with Gasteiger partial charge < -0.3 is 19.0 Å². The molecule has 43 heavy (non-hydrogen) atoms. The molecule has 1 heterocycles. The van der Waals surface area contributed by atoms with Gasteiger partial charge in [0.25, 0.3) is 0 Å². The largest absolute Gasteiger partial charge is 0.488 e. The van der Waals surface area contributed by atoms with Crippen molar-refractivity contribution in [2.45, 2.75) is 33.6 Å². The standard InChI is InChI=1S/C35H32ClN3O4/c1-5-14-41-33-11-7-10-31(25(33)3)30-9-6-8-28(24(30)2)23-43-35-17-34(29(16-32(35)36)21-39(4)12-13-40)42-22-27-15-26(18-37)19-38-20-27/h1,6-11,13,15-17,19-20H,12,14,21-23H2,2-4H3. The van der Waals surface area contributed by atoms with E-state index in [1.54, 1.807) is 24.4 Å². The Bertz CT molecular complexity index is 1690. The number of terminal acetylenes is 1. The Labute approximate surface area is 257 Å². The summed E-state index contributed by atoms with van der Waals surface area (Å²) in [5.74, 6) is 4.29. The average Bonchev–Trinajstić information content (AvgIpc) is 3.00. The van der Waals surface area contributed by atoms with Crippen LogP contribution >= 0.6 is 11.6 Å². The minimum absolute atomic E-state index is 0.193. The van der Waals surface area contributed by atoms with E-state index in [0.717, 1.165) is 51.0 Å². The lowest BCUT2D eigenvalue weighted by molar-refractivity contribution is -0.108. The molecule has 4 rings (SSSR count). The summed E-state index contributed by atoms with van der Waals surface area (Å²) >= 11 is 6.69. The summed E-state index contributed by atoms with van der Waals surface area (Å²) in [5, 5.41) is 9.64. The highest BCUT2D eigenvalue weighted by molar-refractivity contribution is 6.32. The van der Waals surface area contributed by atoms with Crippen LogP contribution in [0.4, 0.5) is 0 Å². The van der Waals surface area contributed by atoms with Crippen LogP contribution in [0.25, 0.3) is 11.1 Å². The van der Waals surface area contributed by atoms with Crippen molar-refractivity contribution in [3.63, 3.8) is 0 Å². The number of nitrogens with zero attached hydrogens (tertiary/aromatic N) is 3. The van der Waals surface area contributed by atoms with Crippen LogP contribution in [0.2, 0.25) is 5.02 Å². The number of halogens is 1. The van der Waals surface area contributed by atoms with E-state index in [0.29, 0.717) is 28.6 Å². The van der Waals surface area contributed by atoms with Gasteiger partial charge in [0.15, 0.2) is 0 Å². The van der Waals surface area contributed by atoms with Crippen LogP contribution in [0, 0.1) is 37.5 Å². The quantitative estimate of drug-likeness (QED) is 0.126. The van der Waals surface area contributed by atoms with Gasteiger partial charge in [0.05, 0.1) is 17.1 Å². The first-order valence-corrected chi connectivity index (χ1v) is 14.0. The summed E-state index contributed by atoms with van der Waals surface area (Å²) in [6, 6.07) is 19.4. The van der Waals surface area contributed by atoms with Gasteiger partial charge >= 0.3 is 0 Å². The molecule has 218 valence electrons. The van der Waals surface area contributed by atoms with E-state index < -0.39 is 0 Å². The maximum absolute atomic E-state index is 11.1. The molecule has 7 nitrogen and oxygen atoms in total. The molecule has 0 radical (unpaired) electrons. The highest BCUT2D eigenvalue weighted by Gasteiger charge is 2.16. The third-order valence-electron chi connectivity index (χ3n) is 6.97. The Morgan fingerprint density at radius 3 is 2.42 bits per heavy atom. The topological polar surface area (TPSA) is 84.7 Å². The van der Waals surface area contributed by atoms with E-state index in [4.69, 9.17) is 32.2 Å². The van der Waals surface area contributed by atoms with Crippen LogP contribution in [-0.4, -0.2) is 36.4 Å². The molecule has 0 amide bonds. The van der Waals surface area contributed by atoms with Crippen molar-refractivity contribution in [2.75, 3.05) is 20.2 Å². The average molecular weight is 594 g/mol. The zero-order chi connectivity index (χ0) is 30.8. The molecule has 0 saturated carbocycles. The normalized spacial score (nSPS) is 10.6. The molecule has 4 aromatic rings. The minimum Gasteiger partial charge on any atom is -0.488 e. The molecule has 0 atom stereocenters. The molecule has 0 aliphatic carbocycles. The number of nitriles is 1. The molecule has 0 spiro atoms. The number of aromatic nitrogens is 1. The van der Waals surface area contributed by atoms with Crippen LogP contribution in [0.15, 0.2) is 67.0 Å². The fourth-order valence-electron chi connectivity index (χ4n) is 4.68. The van der Waals surface area contributed by atoms with E-state index in [-0.39, 0.29) is 26.4 Å². The van der Waals surface area contributed by atoms with Crippen LogP contribution in [0.5, 0.6) is 17.2 Å². The number of carbonyl (C=O) groups excluding carboxylic acids is 1. The lowest BCUT2D eigenvalue weighted by Crippen LogP contribution is -2.20. The molecular formula is C35H32ClN3O4. The monoisotopic (exact) mass is 593 g/mol. The van der Waals surface area contributed by atoms with Gasteiger partial charge in [-0.25, -0.2) is 0 Å². The Balaban J connectivity index is 1.59. The van der Waals surface area contributed by atoms with E-state index >= 15 is 0 Å². The van der Waals surface area contributed by atoms with Crippen molar-refractivity contribution in [1.82, 2.24) is 9.88 Å². The second kappa shape index (κ2) is 14.9. The third-order valence-corrected chi connectivity index (χ3v) is 7.27. The Hall–Kier alpha value is -4.82. The summed E-state index contributed by atoms with van der Waals surface area (Å²) in [5.41, 5.74) is 7.21. The van der Waals surface area contributed by atoms with Gasteiger partial charge in [0.2, 0.25) is 0 Å². The van der Waals surface area contributed by atoms with Crippen molar-refractivity contribution in [2.24, 2.45) is 0 Å². The van der Waals surface area contributed by atoms with Crippen molar-refractivity contribution >= 4 is 17.9 Å².